The molecule has 6 nitrogen and oxygen atoms in total. The number of carbonyl (C=O) groups excluding carboxylic acids is 2. The third kappa shape index (κ3) is 4.64. The number of aliphatic hydroxyl groups is 1. The van der Waals surface area contributed by atoms with Gasteiger partial charge in [0.15, 0.2) is 0 Å². The lowest BCUT2D eigenvalue weighted by molar-refractivity contribution is -0.111. The van der Waals surface area contributed by atoms with Crippen LogP contribution in [0, 0.1) is 5.41 Å². The molecule has 3 N–H and O–H groups in total. The van der Waals surface area contributed by atoms with Crippen LogP contribution < -0.4 is 10.6 Å². The second kappa shape index (κ2) is 7.89. The Hall–Kier alpha value is -2.18. The second-order valence-corrected chi connectivity index (χ2v) is 5.77. The summed E-state index contributed by atoms with van der Waals surface area (Å²) in [4.78, 5) is 23.4. The van der Waals surface area contributed by atoms with Crippen LogP contribution in [-0.2, 0) is 9.53 Å². The van der Waals surface area contributed by atoms with Crippen molar-refractivity contribution < 1.29 is 19.4 Å². The topological polar surface area (TPSA) is 87.7 Å². The lowest BCUT2D eigenvalue weighted by atomic mass is 9.83. The van der Waals surface area contributed by atoms with Crippen LogP contribution in [-0.4, -0.2) is 43.3 Å². The van der Waals surface area contributed by atoms with Crippen LogP contribution in [0.4, 0.5) is 5.69 Å². The Bertz CT molecular complexity index is 562. The number of benzene rings is 1. The molecule has 0 spiro atoms. The van der Waals surface area contributed by atoms with Gasteiger partial charge in [-0.3, -0.25) is 9.59 Å². The highest BCUT2D eigenvalue weighted by Crippen LogP contribution is 2.27. The Morgan fingerprint density at radius 1 is 1.35 bits per heavy atom. The van der Waals surface area contributed by atoms with E-state index in [9.17, 15) is 14.7 Å². The SMILES string of the molecule is C=CC(=O)Nc1ccc(C(=O)NCC2(CO)CCCOC2)cc1. The summed E-state index contributed by atoms with van der Waals surface area (Å²) in [5.41, 5.74) is 0.691. The molecule has 0 bridgehead atoms. The number of carbonyl (C=O) groups is 2. The second-order valence-electron chi connectivity index (χ2n) is 5.77. The van der Waals surface area contributed by atoms with Crippen LogP contribution in [0.1, 0.15) is 23.2 Å². The predicted octanol–water partition coefficient (Wildman–Crippen LogP) is 1.33. The van der Waals surface area contributed by atoms with E-state index in [1.165, 1.54) is 6.08 Å². The molecular weight excluding hydrogens is 296 g/mol. The number of ether oxygens (including phenoxy) is 1. The van der Waals surface area contributed by atoms with Gasteiger partial charge in [-0.15, -0.1) is 0 Å². The van der Waals surface area contributed by atoms with E-state index in [1.807, 2.05) is 0 Å². The van der Waals surface area contributed by atoms with Crippen molar-refractivity contribution in [1.29, 1.82) is 0 Å². The minimum absolute atomic E-state index is 0.0141. The van der Waals surface area contributed by atoms with Crippen LogP contribution in [0.15, 0.2) is 36.9 Å². The number of nitrogens with one attached hydrogen (secondary N) is 2. The molecule has 1 fully saturated rings. The van der Waals surface area contributed by atoms with Crippen molar-refractivity contribution in [3.05, 3.63) is 42.5 Å². The van der Waals surface area contributed by atoms with E-state index in [2.05, 4.69) is 17.2 Å². The third-order valence-electron chi connectivity index (χ3n) is 3.96. The zero-order valence-electron chi connectivity index (χ0n) is 13.0. The van der Waals surface area contributed by atoms with Gasteiger partial charge in [0.25, 0.3) is 5.91 Å². The van der Waals surface area contributed by atoms with Crippen LogP contribution in [0.5, 0.6) is 0 Å². The molecule has 0 aliphatic carbocycles. The lowest BCUT2D eigenvalue weighted by Crippen LogP contribution is -2.45. The molecule has 0 radical (unpaired) electrons. The first kappa shape index (κ1) is 17.2. The minimum atomic E-state index is -0.397. The number of aliphatic hydroxyl groups excluding tert-OH is 1. The molecule has 124 valence electrons. The zero-order chi connectivity index (χ0) is 16.7. The van der Waals surface area contributed by atoms with Gasteiger partial charge >= 0.3 is 0 Å². The Morgan fingerprint density at radius 3 is 2.65 bits per heavy atom. The molecule has 1 unspecified atom stereocenters. The molecule has 1 aromatic carbocycles. The maximum absolute atomic E-state index is 12.2. The maximum atomic E-state index is 12.2. The van der Waals surface area contributed by atoms with Gasteiger partial charge in [0, 0.05) is 29.8 Å². The number of rotatable bonds is 6. The highest BCUT2D eigenvalue weighted by molar-refractivity contribution is 5.99. The first-order chi connectivity index (χ1) is 11.1. The Labute approximate surface area is 135 Å². The van der Waals surface area contributed by atoms with E-state index < -0.39 is 5.41 Å². The van der Waals surface area contributed by atoms with Crippen LogP contribution in [0.25, 0.3) is 0 Å². The van der Waals surface area contributed by atoms with Gasteiger partial charge in [-0.2, -0.15) is 0 Å². The maximum Gasteiger partial charge on any atom is 0.251 e. The van der Waals surface area contributed by atoms with E-state index in [0.717, 1.165) is 12.8 Å². The molecule has 6 heteroatoms. The first-order valence-corrected chi connectivity index (χ1v) is 7.59. The Kier molecular flexibility index (Phi) is 5.90. The van der Waals surface area contributed by atoms with E-state index in [4.69, 9.17) is 4.74 Å². The molecular formula is C17H22N2O4. The number of anilines is 1. The summed E-state index contributed by atoms with van der Waals surface area (Å²) in [5.74, 6) is -0.519. The smallest absolute Gasteiger partial charge is 0.251 e. The molecule has 1 aliphatic rings. The van der Waals surface area contributed by atoms with Crippen LogP contribution >= 0.6 is 0 Å². The van der Waals surface area contributed by atoms with E-state index in [1.54, 1.807) is 24.3 Å². The highest BCUT2D eigenvalue weighted by Gasteiger charge is 2.32. The van der Waals surface area contributed by atoms with E-state index >= 15 is 0 Å². The summed E-state index contributed by atoms with van der Waals surface area (Å²) in [7, 11) is 0. The average molecular weight is 318 g/mol. The van der Waals surface area contributed by atoms with Gasteiger partial charge in [-0.05, 0) is 43.2 Å². The van der Waals surface area contributed by atoms with Gasteiger partial charge in [0.1, 0.15) is 0 Å². The largest absolute Gasteiger partial charge is 0.396 e. The molecule has 1 aromatic rings. The first-order valence-electron chi connectivity index (χ1n) is 7.59. The summed E-state index contributed by atoms with van der Waals surface area (Å²) in [5, 5.41) is 15.1. The minimum Gasteiger partial charge on any atom is -0.396 e. The molecule has 23 heavy (non-hydrogen) atoms. The van der Waals surface area contributed by atoms with Crippen molar-refractivity contribution in [3.63, 3.8) is 0 Å². The highest BCUT2D eigenvalue weighted by atomic mass is 16.5. The summed E-state index contributed by atoms with van der Waals surface area (Å²) in [6, 6.07) is 6.58. The number of hydrogen-bond acceptors (Lipinski definition) is 4. The molecule has 1 aliphatic heterocycles. The van der Waals surface area contributed by atoms with Gasteiger partial charge in [-0.25, -0.2) is 0 Å². The fourth-order valence-electron chi connectivity index (χ4n) is 2.50. The van der Waals surface area contributed by atoms with Crippen molar-refractivity contribution in [1.82, 2.24) is 5.32 Å². The third-order valence-corrected chi connectivity index (χ3v) is 3.96. The number of hydrogen-bond donors (Lipinski definition) is 3. The van der Waals surface area contributed by atoms with Gasteiger partial charge in [0.2, 0.25) is 5.91 Å². The normalized spacial score (nSPS) is 20.6. The Morgan fingerprint density at radius 2 is 2.09 bits per heavy atom. The van der Waals surface area contributed by atoms with Crippen molar-refractivity contribution in [2.45, 2.75) is 12.8 Å². The predicted molar refractivity (Wildman–Crippen MR) is 87.2 cm³/mol. The van der Waals surface area contributed by atoms with Gasteiger partial charge < -0.3 is 20.5 Å². The van der Waals surface area contributed by atoms with Crippen molar-refractivity contribution >= 4 is 17.5 Å². The quantitative estimate of drug-likeness (QED) is 0.691. The summed E-state index contributed by atoms with van der Waals surface area (Å²) < 4.78 is 5.42. The van der Waals surface area contributed by atoms with Crippen molar-refractivity contribution in [3.8, 4) is 0 Å². The zero-order valence-corrected chi connectivity index (χ0v) is 13.0. The van der Waals surface area contributed by atoms with E-state index in [-0.39, 0.29) is 18.4 Å². The van der Waals surface area contributed by atoms with Gasteiger partial charge in [-0.1, -0.05) is 6.58 Å². The lowest BCUT2D eigenvalue weighted by Gasteiger charge is -2.35. The van der Waals surface area contributed by atoms with E-state index in [0.29, 0.717) is 31.0 Å². The molecule has 0 saturated carbocycles. The molecule has 2 rings (SSSR count). The summed E-state index contributed by atoms with van der Waals surface area (Å²) in [6.45, 7) is 4.89. The molecule has 1 atom stereocenters. The van der Waals surface area contributed by atoms with Crippen molar-refractivity contribution in [2.75, 3.05) is 31.7 Å². The van der Waals surface area contributed by atoms with Crippen molar-refractivity contribution in [2.24, 2.45) is 5.41 Å². The molecule has 1 heterocycles. The van der Waals surface area contributed by atoms with Gasteiger partial charge in [0.05, 0.1) is 13.2 Å². The fraction of sp³-hybridized carbons (Fsp3) is 0.412. The molecule has 0 aromatic heterocycles. The monoisotopic (exact) mass is 318 g/mol. The average Bonchev–Trinajstić information content (AvgIpc) is 2.61. The Balaban J connectivity index is 1.92. The summed E-state index contributed by atoms with van der Waals surface area (Å²) >= 11 is 0. The number of amides is 2. The standard InChI is InChI=1S/C17H22N2O4/c1-2-15(21)19-14-6-4-13(5-7-14)16(22)18-10-17(11-20)8-3-9-23-12-17/h2,4-7,20H,1,3,8-12H2,(H,18,22)(H,19,21). The van der Waals surface area contributed by atoms with Crippen LogP contribution in [0.3, 0.4) is 0 Å². The summed E-state index contributed by atoms with van der Waals surface area (Å²) in [6.07, 6.45) is 2.89. The molecule has 2 amide bonds. The fourth-order valence-corrected chi connectivity index (χ4v) is 2.50. The molecule has 1 saturated heterocycles. The van der Waals surface area contributed by atoms with Crippen LogP contribution in [0.2, 0.25) is 0 Å².